The Hall–Kier alpha value is -4.11. The van der Waals surface area contributed by atoms with Crippen LogP contribution in [0.25, 0.3) is 10.8 Å². The second-order valence-corrected chi connectivity index (χ2v) is 9.35. The Bertz CT molecular complexity index is 1470. The van der Waals surface area contributed by atoms with Gasteiger partial charge in [0.1, 0.15) is 12.4 Å². The average molecular weight is 478 g/mol. The molecule has 0 unspecified atom stereocenters. The molecule has 0 saturated carbocycles. The molecule has 3 aromatic carbocycles. The van der Waals surface area contributed by atoms with Gasteiger partial charge in [0.2, 0.25) is 5.91 Å². The number of amides is 1. The molecule has 0 radical (unpaired) electrons. The van der Waals surface area contributed by atoms with Gasteiger partial charge >= 0.3 is 0 Å². The summed E-state index contributed by atoms with van der Waals surface area (Å²) in [6.45, 7) is 0.881. The number of nitrogens with one attached hydrogen (secondary N) is 1. The maximum atomic E-state index is 13.7. The van der Waals surface area contributed by atoms with Crippen LogP contribution in [0.4, 0.5) is 15.8 Å². The van der Waals surface area contributed by atoms with E-state index in [-0.39, 0.29) is 16.4 Å². The largest absolute Gasteiger partial charge is 0.325 e. The highest BCUT2D eigenvalue weighted by molar-refractivity contribution is 7.93. The predicted molar refractivity (Wildman–Crippen MR) is 128 cm³/mol. The number of carbonyl (C=O) groups is 2. The van der Waals surface area contributed by atoms with Gasteiger partial charge in [0.25, 0.3) is 10.0 Å². The topological polar surface area (TPSA) is 96.4 Å². The molecule has 9 heteroatoms. The Labute approximate surface area is 195 Å². The molecule has 1 heterocycles. The molecular formula is C25H20FN3O4S. The van der Waals surface area contributed by atoms with Crippen LogP contribution in [0.2, 0.25) is 0 Å². The smallest absolute Gasteiger partial charge is 0.265 e. The molecule has 4 rings (SSSR count). The first kappa shape index (κ1) is 23.1. The Kier molecular flexibility index (Phi) is 6.38. The van der Waals surface area contributed by atoms with E-state index in [2.05, 4.69) is 10.3 Å². The van der Waals surface area contributed by atoms with E-state index in [4.69, 9.17) is 0 Å². The van der Waals surface area contributed by atoms with E-state index in [9.17, 15) is 22.4 Å². The molecule has 7 nitrogen and oxygen atoms in total. The Morgan fingerprint density at radius 1 is 0.971 bits per heavy atom. The fraction of sp³-hybridized carbons (Fsp3) is 0.0800. The van der Waals surface area contributed by atoms with Gasteiger partial charge in [-0.3, -0.25) is 18.9 Å². The van der Waals surface area contributed by atoms with Crippen molar-refractivity contribution in [3.8, 4) is 0 Å². The van der Waals surface area contributed by atoms with Crippen molar-refractivity contribution in [2.75, 3.05) is 16.2 Å². The molecule has 1 amide bonds. The van der Waals surface area contributed by atoms with Gasteiger partial charge in [-0.15, -0.1) is 0 Å². The number of rotatable bonds is 7. The maximum Gasteiger partial charge on any atom is 0.265 e. The molecule has 0 spiro atoms. The van der Waals surface area contributed by atoms with Crippen molar-refractivity contribution < 1.29 is 22.4 Å². The lowest BCUT2D eigenvalue weighted by Crippen LogP contribution is -2.38. The molecule has 1 N–H and O–H groups in total. The molecule has 34 heavy (non-hydrogen) atoms. The van der Waals surface area contributed by atoms with Crippen molar-refractivity contribution in [3.05, 3.63) is 96.6 Å². The summed E-state index contributed by atoms with van der Waals surface area (Å²) in [4.78, 5) is 28.3. The first-order valence-electron chi connectivity index (χ1n) is 10.3. The minimum Gasteiger partial charge on any atom is -0.325 e. The van der Waals surface area contributed by atoms with Gasteiger partial charge in [-0.05, 0) is 67.6 Å². The third-order valence-electron chi connectivity index (χ3n) is 5.19. The average Bonchev–Trinajstić information content (AvgIpc) is 2.83. The lowest BCUT2D eigenvalue weighted by atomic mass is 10.1. The number of benzene rings is 3. The highest BCUT2D eigenvalue weighted by Gasteiger charge is 2.29. The molecule has 0 aliphatic carbocycles. The molecule has 4 aromatic rings. The summed E-state index contributed by atoms with van der Waals surface area (Å²) in [5, 5.41) is 3.71. The summed E-state index contributed by atoms with van der Waals surface area (Å²) in [5.41, 5.74) is 1.02. The van der Waals surface area contributed by atoms with Crippen LogP contribution in [-0.2, 0) is 14.8 Å². The number of nitrogens with zero attached hydrogens (tertiary/aromatic N) is 2. The molecule has 0 aliphatic rings. The number of anilines is 2. The van der Waals surface area contributed by atoms with Gasteiger partial charge in [-0.25, -0.2) is 12.8 Å². The molecule has 0 bridgehead atoms. The SMILES string of the molecule is CC(=O)c1ccc(NC(=O)CN(c2ccc(F)cc2)S(=O)(=O)c2cccc3cnccc23)cc1. The number of Topliss-reactive ketones (excluding diaryl/α,β-unsaturated/α-hetero) is 1. The maximum absolute atomic E-state index is 13.7. The highest BCUT2D eigenvalue weighted by atomic mass is 32.2. The lowest BCUT2D eigenvalue weighted by molar-refractivity contribution is -0.114. The third kappa shape index (κ3) is 4.79. The van der Waals surface area contributed by atoms with Crippen LogP contribution in [0.15, 0.2) is 90.1 Å². The van der Waals surface area contributed by atoms with Gasteiger partial charge in [-0.1, -0.05) is 12.1 Å². The number of ketones is 1. The van der Waals surface area contributed by atoms with Crippen molar-refractivity contribution in [2.24, 2.45) is 0 Å². The number of carbonyl (C=O) groups excluding carboxylic acids is 2. The molecule has 1 aromatic heterocycles. The van der Waals surface area contributed by atoms with Gasteiger partial charge in [0, 0.05) is 34.4 Å². The van der Waals surface area contributed by atoms with E-state index in [1.807, 2.05) is 0 Å². The van der Waals surface area contributed by atoms with Crippen molar-refractivity contribution >= 4 is 43.9 Å². The molecule has 172 valence electrons. The normalized spacial score (nSPS) is 11.2. The summed E-state index contributed by atoms with van der Waals surface area (Å²) < 4.78 is 41.9. The van der Waals surface area contributed by atoms with Gasteiger partial charge in [0.15, 0.2) is 5.78 Å². The van der Waals surface area contributed by atoms with Crippen LogP contribution in [0.3, 0.4) is 0 Å². The molecule has 0 atom stereocenters. The van der Waals surface area contributed by atoms with E-state index < -0.39 is 28.3 Å². The van der Waals surface area contributed by atoms with Crippen LogP contribution in [0.1, 0.15) is 17.3 Å². The summed E-state index contributed by atoms with van der Waals surface area (Å²) in [6, 6.07) is 17.5. The Morgan fingerprint density at radius 3 is 2.35 bits per heavy atom. The standard InChI is InChI=1S/C25H20FN3O4S/c1-17(30)18-5-9-21(10-6-18)28-25(31)16-29(22-11-7-20(26)8-12-22)34(32,33)24-4-2-3-19-15-27-14-13-23(19)24/h2-15H,16H2,1H3,(H,28,31). The van der Waals surface area contributed by atoms with Crippen molar-refractivity contribution in [3.63, 3.8) is 0 Å². The zero-order valence-electron chi connectivity index (χ0n) is 18.1. The van der Waals surface area contributed by atoms with Crippen molar-refractivity contribution in [2.45, 2.75) is 11.8 Å². The van der Waals surface area contributed by atoms with E-state index in [1.54, 1.807) is 48.7 Å². The second-order valence-electron chi connectivity index (χ2n) is 7.52. The monoisotopic (exact) mass is 477 g/mol. The first-order valence-corrected chi connectivity index (χ1v) is 11.7. The fourth-order valence-electron chi connectivity index (χ4n) is 3.48. The number of fused-ring (bicyclic) bond motifs is 1. The van der Waals surface area contributed by atoms with Crippen LogP contribution < -0.4 is 9.62 Å². The zero-order valence-corrected chi connectivity index (χ0v) is 18.9. The van der Waals surface area contributed by atoms with E-state index >= 15 is 0 Å². The van der Waals surface area contributed by atoms with Crippen LogP contribution in [0, 0.1) is 5.82 Å². The van der Waals surface area contributed by atoms with Gasteiger partial charge < -0.3 is 5.32 Å². The Balaban J connectivity index is 1.70. The first-order chi connectivity index (χ1) is 16.3. The van der Waals surface area contributed by atoms with E-state index in [1.165, 1.54) is 31.3 Å². The van der Waals surface area contributed by atoms with Crippen LogP contribution in [-0.4, -0.2) is 31.6 Å². The number of pyridine rings is 1. The third-order valence-corrected chi connectivity index (χ3v) is 7.02. The highest BCUT2D eigenvalue weighted by Crippen LogP contribution is 2.29. The number of sulfonamides is 1. The minimum atomic E-state index is -4.22. The minimum absolute atomic E-state index is 0.00432. The van der Waals surface area contributed by atoms with Crippen LogP contribution >= 0.6 is 0 Å². The molecule has 0 saturated heterocycles. The van der Waals surface area contributed by atoms with E-state index in [0.29, 0.717) is 22.0 Å². The summed E-state index contributed by atoms with van der Waals surface area (Å²) >= 11 is 0. The predicted octanol–water partition coefficient (Wildman–Crippen LogP) is 4.41. The second kappa shape index (κ2) is 9.40. The zero-order chi connectivity index (χ0) is 24.3. The Morgan fingerprint density at radius 2 is 1.68 bits per heavy atom. The van der Waals surface area contributed by atoms with Crippen molar-refractivity contribution in [1.82, 2.24) is 4.98 Å². The van der Waals surface area contributed by atoms with Crippen LogP contribution in [0.5, 0.6) is 0 Å². The number of hydrogen-bond donors (Lipinski definition) is 1. The lowest BCUT2D eigenvalue weighted by Gasteiger charge is -2.25. The fourth-order valence-corrected chi connectivity index (χ4v) is 5.12. The summed E-state index contributed by atoms with van der Waals surface area (Å²) in [5.74, 6) is -1.26. The number of hydrogen-bond acceptors (Lipinski definition) is 5. The molecular weight excluding hydrogens is 457 g/mol. The van der Waals surface area contributed by atoms with Crippen molar-refractivity contribution in [1.29, 1.82) is 0 Å². The number of aromatic nitrogens is 1. The molecule has 0 aliphatic heterocycles. The van der Waals surface area contributed by atoms with Gasteiger partial charge in [0.05, 0.1) is 10.6 Å². The summed E-state index contributed by atoms with van der Waals surface area (Å²) in [7, 11) is -4.22. The van der Waals surface area contributed by atoms with E-state index in [0.717, 1.165) is 16.4 Å². The quantitative estimate of drug-likeness (QED) is 0.398. The number of halogens is 1. The molecule has 0 fully saturated rings. The van der Waals surface area contributed by atoms with Gasteiger partial charge in [-0.2, -0.15) is 0 Å². The summed E-state index contributed by atoms with van der Waals surface area (Å²) in [6.07, 6.45) is 3.04.